The Morgan fingerprint density at radius 3 is 2.65 bits per heavy atom. The Balaban J connectivity index is 0.00000361. The largest absolute Gasteiger partial charge is 0.370 e. The molecule has 114 valence electrons. The average Bonchev–Trinajstić information content (AvgIpc) is 2.43. The number of nitrogens with zero attached hydrogens (tertiary/aromatic N) is 2. The standard InChI is InChI=1S/C15H26N4.HI/c1-4-9-17-15(16)18-11-13-7-6-8-14(10-13)12-19(3)5-2;/h6-8,10H,4-5,9,11-12H2,1-3H3,(H3,16,17,18);1H. The van der Waals surface area contributed by atoms with Crippen molar-refractivity contribution in [2.45, 2.75) is 33.4 Å². The quantitative estimate of drug-likeness (QED) is 0.428. The Morgan fingerprint density at radius 1 is 1.30 bits per heavy atom. The summed E-state index contributed by atoms with van der Waals surface area (Å²) in [5.74, 6) is 0.526. The highest BCUT2D eigenvalue weighted by Gasteiger charge is 1.99. The monoisotopic (exact) mass is 390 g/mol. The lowest BCUT2D eigenvalue weighted by Gasteiger charge is -2.14. The molecule has 3 N–H and O–H groups in total. The van der Waals surface area contributed by atoms with Gasteiger partial charge in [0.2, 0.25) is 0 Å². The van der Waals surface area contributed by atoms with Gasteiger partial charge in [0.15, 0.2) is 5.96 Å². The predicted octanol–water partition coefficient (Wildman–Crippen LogP) is 2.57. The molecule has 0 amide bonds. The minimum atomic E-state index is 0. The zero-order valence-corrected chi connectivity index (χ0v) is 15.1. The summed E-state index contributed by atoms with van der Waals surface area (Å²) in [4.78, 5) is 6.62. The lowest BCUT2D eigenvalue weighted by Crippen LogP contribution is -2.32. The van der Waals surface area contributed by atoms with Crippen LogP contribution >= 0.6 is 24.0 Å². The van der Waals surface area contributed by atoms with Crippen LogP contribution < -0.4 is 11.1 Å². The van der Waals surface area contributed by atoms with Gasteiger partial charge in [-0.1, -0.05) is 38.1 Å². The summed E-state index contributed by atoms with van der Waals surface area (Å²) < 4.78 is 0. The van der Waals surface area contributed by atoms with Crippen molar-refractivity contribution in [2.75, 3.05) is 20.1 Å². The van der Waals surface area contributed by atoms with Gasteiger partial charge in [0.25, 0.3) is 0 Å². The van der Waals surface area contributed by atoms with E-state index in [0.717, 1.165) is 26.1 Å². The van der Waals surface area contributed by atoms with Gasteiger partial charge in [0.1, 0.15) is 0 Å². The molecule has 0 aromatic heterocycles. The maximum absolute atomic E-state index is 5.78. The molecule has 5 heteroatoms. The third-order valence-corrected chi connectivity index (χ3v) is 2.97. The number of nitrogens with one attached hydrogen (secondary N) is 1. The first-order valence-electron chi connectivity index (χ1n) is 6.95. The van der Waals surface area contributed by atoms with Crippen molar-refractivity contribution in [3.8, 4) is 0 Å². The van der Waals surface area contributed by atoms with Crippen molar-refractivity contribution in [3.63, 3.8) is 0 Å². The molecule has 20 heavy (non-hydrogen) atoms. The minimum absolute atomic E-state index is 0. The second kappa shape index (κ2) is 10.9. The van der Waals surface area contributed by atoms with Gasteiger partial charge >= 0.3 is 0 Å². The average molecular weight is 390 g/mol. The fourth-order valence-corrected chi connectivity index (χ4v) is 1.74. The van der Waals surface area contributed by atoms with Crippen LogP contribution in [0.3, 0.4) is 0 Å². The first kappa shape index (κ1) is 19.2. The third-order valence-electron chi connectivity index (χ3n) is 2.97. The van der Waals surface area contributed by atoms with Gasteiger partial charge in [-0.3, -0.25) is 0 Å². The molecule has 0 saturated carbocycles. The maximum Gasteiger partial charge on any atom is 0.188 e. The number of hydrogen-bond donors (Lipinski definition) is 2. The number of halogens is 1. The summed E-state index contributed by atoms with van der Waals surface area (Å²) in [7, 11) is 2.12. The van der Waals surface area contributed by atoms with E-state index in [0.29, 0.717) is 12.5 Å². The number of nitrogens with two attached hydrogens (primary N) is 1. The van der Waals surface area contributed by atoms with Gasteiger partial charge in [-0.25, -0.2) is 4.99 Å². The topological polar surface area (TPSA) is 53.6 Å². The molecule has 0 fully saturated rings. The van der Waals surface area contributed by atoms with Gasteiger partial charge in [0, 0.05) is 13.1 Å². The summed E-state index contributed by atoms with van der Waals surface area (Å²) in [6, 6.07) is 8.52. The molecule has 0 heterocycles. The normalized spacial score (nSPS) is 11.3. The molecule has 0 aliphatic carbocycles. The van der Waals surface area contributed by atoms with Crippen LogP contribution in [0.4, 0.5) is 0 Å². The summed E-state index contributed by atoms with van der Waals surface area (Å²) in [5.41, 5.74) is 8.29. The molecule has 0 radical (unpaired) electrons. The Hall–Kier alpha value is -0.820. The van der Waals surface area contributed by atoms with E-state index < -0.39 is 0 Å². The maximum atomic E-state index is 5.78. The third kappa shape index (κ3) is 7.69. The lowest BCUT2D eigenvalue weighted by atomic mass is 10.1. The van der Waals surface area contributed by atoms with Crippen LogP contribution in [0.1, 0.15) is 31.4 Å². The first-order valence-corrected chi connectivity index (χ1v) is 6.95. The highest BCUT2D eigenvalue weighted by Crippen LogP contribution is 2.08. The fraction of sp³-hybridized carbons (Fsp3) is 0.533. The second-order valence-corrected chi connectivity index (χ2v) is 4.78. The van der Waals surface area contributed by atoms with Crippen molar-refractivity contribution in [2.24, 2.45) is 10.7 Å². The Bertz CT molecular complexity index is 407. The molecule has 0 aliphatic rings. The van der Waals surface area contributed by atoms with Crippen LogP contribution in [0, 0.1) is 0 Å². The SMILES string of the molecule is CCCNC(N)=NCc1cccc(CN(C)CC)c1.I. The minimum Gasteiger partial charge on any atom is -0.370 e. The fourth-order valence-electron chi connectivity index (χ4n) is 1.74. The highest BCUT2D eigenvalue weighted by atomic mass is 127. The van der Waals surface area contributed by atoms with Gasteiger partial charge in [0.05, 0.1) is 6.54 Å². The summed E-state index contributed by atoms with van der Waals surface area (Å²) >= 11 is 0. The van der Waals surface area contributed by atoms with E-state index >= 15 is 0 Å². The van der Waals surface area contributed by atoms with Crippen LogP contribution in [0.5, 0.6) is 0 Å². The van der Waals surface area contributed by atoms with E-state index in [1.807, 2.05) is 0 Å². The van der Waals surface area contributed by atoms with Crippen molar-refractivity contribution >= 4 is 29.9 Å². The molecule has 1 aromatic carbocycles. The summed E-state index contributed by atoms with van der Waals surface area (Å²) in [5, 5.41) is 3.08. The Morgan fingerprint density at radius 2 is 2.00 bits per heavy atom. The van der Waals surface area contributed by atoms with Crippen LogP contribution in [-0.4, -0.2) is 31.0 Å². The zero-order chi connectivity index (χ0) is 14.1. The van der Waals surface area contributed by atoms with Gasteiger partial charge in [-0.15, -0.1) is 24.0 Å². The van der Waals surface area contributed by atoms with Crippen LogP contribution in [0.25, 0.3) is 0 Å². The van der Waals surface area contributed by atoms with E-state index in [9.17, 15) is 0 Å². The van der Waals surface area contributed by atoms with Gasteiger partial charge in [-0.2, -0.15) is 0 Å². The molecule has 1 aromatic rings. The second-order valence-electron chi connectivity index (χ2n) is 4.78. The van der Waals surface area contributed by atoms with E-state index in [1.54, 1.807) is 0 Å². The first-order chi connectivity index (χ1) is 9.15. The lowest BCUT2D eigenvalue weighted by molar-refractivity contribution is 0.345. The van der Waals surface area contributed by atoms with E-state index in [2.05, 4.69) is 60.4 Å². The van der Waals surface area contributed by atoms with Gasteiger partial charge < -0.3 is 16.0 Å². The molecular formula is C15H27IN4. The predicted molar refractivity (Wildman–Crippen MR) is 97.5 cm³/mol. The molecule has 1 rings (SSSR count). The zero-order valence-electron chi connectivity index (χ0n) is 12.7. The molecule has 0 unspecified atom stereocenters. The summed E-state index contributed by atoms with van der Waals surface area (Å²) in [6.07, 6.45) is 1.05. The summed E-state index contributed by atoms with van der Waals surface area (Å²) in [6.45, 7) is 7.79. The molecule has 0 aliphatic heterocycles. The van der Waals surface area contributed by atoms with Crippen molar-refractivity contribution < 1.29 is 0 Å². The number of benzene rings is 1. The van der Waals surface area contributed by atoms with Crippen molar-refractivity contribution in [3.05, 3.63) is 35.4 Å². The molecular weight excluding hydrogens is 363 g/mol. The van der Waals surface area contributed by atoms with Crippen LogP contribution in [0.2, 0.25) is 0 Å². The van der Waals surface area contributed by atoms with E-state index in [-0.39, 0.29) is 24.0 Å². The van der Waals surface area contributed by atoms with Crippen LogP contribution in [0.15, 0.2) is 29.3 Å². The number of aliphatic imine (C=N–C) groups is 1. The van der Waals surface area contributed by atoms with E-state index in [1.165, 1.54) is 11.1 Å². The van der Waals surface area contributed by atoms with E-state index in [4.69, 9.17) is 5.73 Å². The smallest absolute Gasteiger partial charge is 0.188 e. The Labute approximate surface area is 139 Å². The molecule has 0 bridgehead atoms. The molecule has 0 spiro atoms. The molecule has 4 nitrogen and oxygen atoms in total. The highest BCUT2D eigenvalue weighted by molar-refractivity contribution is 14.0. The van der Waals surface area contributed by atoms with Gasteiger partial charge in [-0.05, 0) is 31.1 Å². The van der Waals surface area contributed by atoms with Crippen molar-refractivity contribution in [1.29, 1.82) is 0 Å². The molecule has 0 saturated heterocycles. The van der Waals surface area contributed by atoms with Crippen molar-refractivity contribution in [1.82, 2.24) is 10.2 Å². The number of hydrogen-bond acceptors (Lipinski definition) is 2. The number of rotatable bonds is 7. The molecule has 0 atom stereocenters. The Kier molecular flexibility index (Phi) is 10.5. The number of guanidine groups is 1. The van der Waals surface area contributed by atoms with Crippen LogP contribution in [-0.2, 0) is 13.1 Å².